The summed E-state index contributed by atoms with van der Waals surface area (Å²) in [5.41, 5.74) is -0.457. The molecule has 5 atom stereocenters. The minimum atomic E-state index is -1.31. The number of thiazole rings is 1. The molecule has 0 aliphatic rings. The minimum absolute atomic E-state index is 0.0769. The molecule has 1 aromatic heterocycles. The number of aliphatic hydroxyl groups is 1. The van der Waals surface area contributed by atoms with Crippen molar-refractivity contribution in [3.63, 3.8) is 0 Å². The highest BCUT2D eigenvalue weighted by molar-refractivity contribution is 7.09. The maximum atomic E-state index is 12.4. The van der Waals surface area contributed by atoms with Gasteiger partial charge in [0.25, 0.3) is 0 Å². The van der Waals surface area contributed by atoms with Gasteiger partial charge >= 0.3 is 12.1 Å². The van der Waals surface area contributed by atoms with Gasteiger partial charge in [-0.1, -0.05) is 34.1 Å². The van der Waals surface area contributed by atoms with E-state index in [0.717, 1.165) is 0 Å². The molecular formula is C24H43N3O6S. The van der Waals surface area contributed by atoms with Crippen molar-refractivity contribution in [3.8, 4) is 0 Å². The Labute approximate surface area is 208 Å². The summed E-state index contributed by atoms with van der Waals surface area (Å²) in [4.78, 5) is 29.0. The SMILES string of the molecule is CCOC(=O)c1csc([C@@H](C[C@@H](NC)C(C)C)OC(O)[C@@H](NC(=O)OC(C)(C)C)[C@@H](C)CC)n1. The first-order valence-corrected chi connectivity index (χ1v) is 12.8. The van der Waals surface area contributed by atoms with Gasteiger partial charge in [0.15, 0.2) is 12.0 Å². The fourth-order valence-electron chi connectivity index (χ4n) is 3.35. The van der Waals surface area contributed by atoms with Crippen LogP contribution >= 0.6 is 11.3 Å². The van der Waals surface area contributed by atoms with E-state index in [1.54, 1.807) is 33.1 Å². The molecule has 0 aliphatic heterocycles. The molecule has 0 saturated heterocycles. The zero-order valence-corrected chi connectivity index (χ0v) is 22.8. The van der Waals surface area contributed by atoms with Crippen LogP contribution in [-0.4, -0.2) is 59.8 Å². The zero-order valence-electron chi connectivity index (χ0n) is 22.0. The smallest absolute Gasteiger partial charge is 0.408 e. The number of ether oxygens (including phenoxy) is 3. The second kappa shape index (κ2) is 14.0. The van der Waals surface area contributed by atoms with Gasteiger partial charge in [0.1, 0.15) is 16.7 Å². The second-order valence-electron chi connectivity index (χ2n) is 9.74. The van der Waals surface area contributed by atoms with Gasteiger partial charge in [-0.3, -0.25) is 0 Å². The van der Waals surface area contributed by atoms with Crippen LogP contribution in [0.2, 0.25) is 0 Å². The van der Waals surface area contributed by atoms with Crippen LogP contribution in [0, 0.1) is 11.8 Å². The number of aliphatic hydroxyl groups excluding tert-OH is 1. The normalized spacial score (nSPS) is 16.4. The van der Waals surface area contributed by atoms with Crippen molar-refractivity contribution in [2.75, 3.05) is 13.7 Å². The summed E-state index contributed by atoms with van der Waals surface area (Å²) in [6.07, 6.45) is -1.31. The van der Waals surface area contributed by atoms with Gasteiger partial charge in [0.05, 0.1) is 12.6 Å². The lowest BCUT2D eigenvalue weighted by Crippen LogP contribution is -2.50. The van der Waals surface area contributed by atoms with E-state index in [2.05, 4.69) is 29.5 Å². The first-order valence-electron chi connectivity index (χ1n) is 12.0. The molecule has 1 rings (SSSR count). The van der Waals surface area contributed by atoms with Gasteiger partial charge in [-0.15, -0.1) is 11.3 Å². The van der Waals surface area contributed by atoms with Crippen LogP contribution in [0.25, 0.3) is 0 Å². The number of carbonyl (C=O) groups is 2. The Hall–Kier alpha value is -1.75. The van der Waals surface area contributed by atoms with E-state index in [9.17, 15) is 14.7 Å². The summed E-state index contributed by atoms with van der Waals surface area (Å²) in [5, 5.41) is 19.3. The van der Waals surface area contributed by atoms with E-state index in [0.29, 0.717) is 23.8 Å². The molecular weight excluding hydrogens is 458 g/mol. The number of hydrogen-bond donors (Lipinski definition) is 3. The van der Waals surface area contributed by atoms with E-state index in [1.807, 2.05) is 20.9 Å². The maximum Gasteiger partial charge on any atom is 0.408 e. The monoisotopic (exact) mass is 501 g/mol. The Kier molecular flexibility index (Phi) is 12.4. The molecule has 1 unspecified atom stereocenters. The number of alkyl carbamates (subject to hydrolysis) is 1. The summed E-state index contributed by atoms with van der Waals surface area (Å²) in [7, 11) is 1.87. The van der Waals surface area contributed by atoms with Crippen molar-refractivity contribution in [2.45, 2.75) is 98.3 Å². The van der Waals surface area contributed by atoms with Crippen molar-refractivity contribution in [1.82, 2.24) is 15.6 Å². The first-order chi connectivity index (χ1) is 15.8. The quantitative estimate of drug-likeness (QED) is 0.271. The summed E-state index contributed by atoms with van der Waals surface area (Å²) in [6.45, 7) is 15.4. The Morgan fingerprint density at radius 1 is 1.21 bits per heavy atom. The number of esters is 1. The third-order valence-electron chi connectivity index (χ3n) is 5.48. The van der Waals surface area contributed by atoms with Crippen molar-refractivity contribution in [2.24, 2.45) is 11.8 Å². The molecule has 0 aromatic carbocycles. The molecule has 3 N–H and O–H groups in total. The zero-order chi connectivity index (χ0) is 26.1. The van der Waals surface area contributed by atoms with Crippen LogP contribution in [0.5, 0.6) is 0 Å². The summed E-state index contributed by atoms with van der Waals surface area (Å²) < 4.78 is 16.6. The van der Waals surface area contributed by atoms with E-state index in [1.165, 1.54) is 11.3 Å². The number of nitrogens with zero attached hydrogens (tertiary/aromatic N) is 1. The minimum Gasteiger partial charge on any atom is -0.461 e. The number of hydrogen-bond acceptors (Lipinski definition) is 9. The molecule has 9 nitrogen and oxygen atoms in total. The molecule has 1 aromatic rings. The van der Waals surface area contributed by atoms with Crippen LogP contribution in [0.3, 0.4) is 0 Å². The van der Waals surface area contributed by atoms with Gasteiger partial charge in [-0.05, 0) is 53.0 Å². The standard InChI is InChI=1S/C24H43N3O6S/c1-10-15(5)19(27-23(30)33-24(6,7)8)22(29)32-18(12-16(25-9)14(3)4)20-26-17(13-34-20)21(28)31-11-2/h13-16,18-19,22,25,29H,10-12H2,1-9H3,(H,27,30)/t15-,16+,18+,19-,22?/m0/s1. The van der Waals surface area contributed by atoms with Gasteiger partial charge < -0.3 is 30.0 Å². The van der Waals surface area contributed by atoms with Crippen LogP contribution in [-0.2, 0) is 14.2 Å². The fraction of sp³-hybridized carbons (Fsp3) is 0.792. The molecule has 10 heteroatoms. The Bertz CT molecular complexity index is 764. The van der Waals surface area contributed by atoms with Gasteiger partial charge in [-0.2, -0.15) is 0 Å². The lowest BCUT2D eigenvalue weighted by atomic mass is 9.97. The van der Waals surface area contributed by atoms with Crippen LogP contribution < -0.4 is 10.6 Å². The van der Waals surface area contributed by atoms with Crippen LogP contribution in [0.4, 0.5) is 4.79 Å². The second-order valence-corrected chi connectivity index (χ2v) is 10.6. The lowest BCUT2D eigenvalue weighted by molar-refractivity contribution is -0.165. The first kappa shape index (κ1) is 30.3. The molecule has 0 spiro atoms. The number of rotatable bonds is 13. The van der Waals surface area contributed by atoms with Crippen LogP contribution in [0.15, 0.2) is 5.38 Å². The average molecular weight is 502 g/mol. The molecule has 0 radical (unpaired) electrons. The van der Waals surface area contributed by atoms with Gasteiger partial charge in [0.2, 0.25) is 0 Å². The van der Waals surface area contributed by atoms with Gasteiger partial charge in [-0.25, -0.2) is 14.6 Å². The molecule has 0 aliphatic carbocycles. The number of nitrogens with one attached hydrogen (secondary N) is 2. The maximum absolute atomic E-state index is 12.4. The van der Waals surface area contributed by atoms with E-state index >= 15 is 0 Å². The van der Waals surface area contributed by atoms with E-state index in [4.69, 9.17) is 14.2 Å². The highest BCUT2D eigenvalue weighted by Gasteiger charge is 2.33. The molecule has 196 valence electrons. The molecule has 34 heavy (non-hydrogen) atoms. The Balaban J connectivity index is 3.16. The molecule has 1 amide bonds. The van der Waals surface area contributed by atoms with Gasteiger partial charge in [0, 0.05) is 11.4 Å². The largest absolute Gasteiger partial charge is 0.461 e. The van der Waals surface area contributed by atoms with Crippen LogP contribution in [0.1, 0.15) is 89.8 Å². The molecule has 0 bridgehead atoms. The highest BCUT2D eigenvalue weighted by Crippen LogP contribution is 2.30. The molecule has 0 saturated carbocycles. The third-order valence-corrected chi connectivity index (χ3v) is 6.41. The molecule has 1 heterocycles. The van der Waals surface area contributed by atoms with E-state index < -0.39 is 36.1 Å². The highest BCUT2D eigenvalue weighted by atomic mass is 32.1. The predicted molar refractivity (Wildman–Crippen MR) is 133 cm³/mol. The number of amides is 1. The van der Waals surface area contributed by atoms with Crippen molar-refractivity contribution in [1.29, 1.82) is 0 Å². The summed E-state index contributed by atoms with van der Waals surface area (Å²) in [6, 6.07) is -0.619. The molecule has 0 fully saturated rings. The Morgan fingerprint density at radius 2 is 1.85 bits per heavy atom. The predicted octanol–water partition coefficient (Wildman–Crippen LogP) is 4.27. The van der Waals surface area contributed by atoms with E-state index in [-0.39, 0.29) is 24.3 Å². The third kappa shape index (κ3) is 9.85. The van der Waals surface area contributed by atoms with Crippen molar-refractivity contribution in [3.05, 3.63) is 16.1 Å². The fourth-order valence-corrected chi connectivity index (χ4v) is 4.18. The lowest BCUT2D eigenvalue weighted by Gasteiger charge is -2.33. The summed E-state index contributed by atoms with van der Waals surface area (Å²) in [5.74, 6) is -0.287. The van der Waals surface area contributed by atoms with Crippen molar-refractivity contribution < 1.29 is 28.9 Å². The number of aromatic nitrogens is 1. The topological polar surface area (TPSA) is 119 Å². The van der Waals surface area contributed by atoms with Crippen molar-refractivity contribution >= 4 is 23.4 Å². The Morgan fingerprint density at radius 3 is 2.35 bits per heavy atom. The summed E-state index contributed by atoms with van der Waals surface area (Å²) >= 11 is 1.28. The number of carbonyl (C=O) groups excluding carboxylic acids is 2. The average Bonchev–Trinajstić information content (AvgIpc) is 3.23.